The van der Waals surface area contributed by atoms with Crippen LogP contribution in [0.25, 0.3) is 0 Å². The quantitative estimate of drug-likeness (QED) is 0.492. The molecule has 0 bridgehead atoms. The molecule has 2 N–H and O–H groups in total. The number of hydrogen-bond acceptors (Lipinski definition) is 4. The van der Waals surface area contributed by atoms with Gasteiger partial charge in [0.2, 0.25) is 5.91 Å². The van der Waals surface area contributed by atoms with Gasteiger partial charge in [0.15, 0.2) is 0 Å². The molecule has 0 aromatic carbocycles. The molecule has 1 aliphatic rings. The minimum absolute atomic E-state index is 0.204. The van der Waals surface area contributed by atoms with Crippen LogP contribution >= 0.6 is 0 Å². The summed E-state index contributed by atoms with van der Waals surface area (Å²) < 4.78 is 4.51. The largest absolute Gasteiger partial charge is 0.467 e. The predicted molar refractivity (Wildman–Crippen MR) is 55.2 cm³/mol. The van der Waals surface area contributed by atoms with Crippen LogP contribution < -0.4 is 10.6 Å². The molecule has 0 spiro atoms. The molecule has 5 heteroatoms. The van der Waals surface area contributed by atoms with Gasteiger partial charge in [0.1, 0.15) is 6.04 Å². The number of hydrogen-bond donors (Lipinski definition) is 2. The van der Waals surface area contributed by atoms with Gasteiger partial charge in [0.05, 0.1) is 7.11 Å². The van der Waals surface area contributed by atoms with Crippen LogP contribution in [0.4, 0.5) is 0 Å². The molecule has 0 radical (unpaired) electrons. The van der Waals surface area contributed by atoms with Gasteiger partial charge in [-0.1, -0.05) is 0 Å². The molecule has 1 unspecified atom stereocenters. The maximum Gasteiger partial charge on any atom is 0.328 e. The van der Waals surface area contributed by atoms with Crippen molar-refractivity contribution < 1.29 is 14.3 Å². The van der Waals surface area contributed by atoms with Gasteiger partial charge >= 0.3 is 5.97 Å². The summed E-state index contributed by atoms with van der Waals surface area (Å²) in [6.07, 6.45) is 0. The topological polar surface area (TPSA) is 67.4 Å². The summed E-state index contributed by atoms with van der Waals surface area (Å²) in [4.78, 5) is 22.7. The average molecular weight is 212 g/mol. The molecule has 1 saturated heterocycles. The van der Waals surface area contributed by atoms with Gasteiger partial charge in [-0.3, -0.25) is 4.79 Å². The van der Waals surface area contributed by atoms with Crippen LogP contribution in [-0.2, 0) is 14.3 Å². The van der Waals surface area contributed by atoms with Crippen molar-refractivity contribution in [1.29, 1.82) is 0 Å². The highest BCUT2D eigenvalue weighted by Crippen LogP contribution is 2.08. The molecule has 1 heterocycles. The van der Waals surface area contributed by atoms with Crippen molar-refractivity contribution in [3.8, 4) is 0 Å². The first-order chi connectivity index (χ1) is 7.06. The van der Waals surface area contributed by atoms with E-state index in [0.29, 0.717) is 5.57 Å². The first-order valence-electron chi connectivity index (χ1n) is 4.84. The lowest BCUT2D eigenvalue weighted by Crippen LogP contribution is -2.42. The van der Waals surface area contributed by atoms with Crippen LogP contribution in [0.5, 0.6) is 0 Å². The van der Waals surface area contributed by atoms with E-state index in [1.54, 1.807) is 13.8 Å². The molecule has 1 fully saturated rings. The van der Waals surface area contributed by atoms with E-state index in [-0.39, 0.29) is 5.91 Å². The average Bonchev–Trinajstić information content (AvgIpc) is 2.13. The Morgan fingerprint density at radius 2 is 2.07 bits per heavy atom. The standard InChI is InChI=1S/C10H16N2O3/c1-6(8-4-11-5-8)9(13)12-7(2)10(14)15-3/h7,11H,4-5H2,1-3H3,(H,12,13). The predicted octanol–water partition coefficient (Wildman–Crippen LogP) is -0.416. The first-order valence-corrected chi connectivity index (χ1v) is 4.84. The zero-order valence-corrected chi connectivity index (χ0v) is 9.22. The van der Waals surface area contributed by atoms with E-state index >= 15 is 0 Å². The molecule has 0 aliphatic carbocycles. The maximum atomic E-state index is 11.6. The fraction of sp³-hybridized carbons (Fsp3) is 0.600. The molecule has 0 saturated carbocycles. The normalized spacial score (nSPS) is 16.3. The summed E-state index contributed by atoms with van der Waals surface area (Å²) in [5.41, 5.74) is 1.77. The molecule has 1 atom stereocenters. The van der Waals surface area contributed by atoms with Crippen LogP contribution in [0.15, 0.2) is 11.1 Å². The third-order valence-electron chi connectivity index (χ3n) is 2.45. The first kappa shape index (κ1) is 11.7. The second-order valence-corrected chi connectivity index (χ2v) is 3.55. The van der Waals surface area contributed by atoms with Gasteiger partial charge in [0.25, 0.3) is 0 Å². The summed E-state index contributed by atoms with van der Waals surface area (Å²) in [6.45, 7) is 4.87. The molecule has 5 nitrogen and oxygen atoms in total. The van der Waals surface area contributed by atoms with Gasteiger partial charge in [-0.2, -0.15) is 0 Å². The van der Waals surface area contributed by atoms with E-state index in [9.17, 15) is 9.59 Å². The second-order valence-electron chi connectivity index (χ2n) is 3.55. The number of ether oxygens (including phenoxy) is 1. The SMILES string of the molecule is COC(=O)C(C)NC(=O)C(C)=C1CNC1. The number of rotatable bonds is 3. The molecule has 1 rings (SSSR count). The minimum Gasteiger partial charge on any atom is -0.467 e. The molecular weight excluding hydrogens is 196 g/mol. The lowest BCUT2D eigenvalue weighted by molar-refractivity contribution is -0.144. The number of methoxy groups -OCH3 is 1. The van der Waals surface area contributed by atoms with Gasteiger partial charge in [-0.15, -0.1) is 0 Å². The Labute approximate surface area is 88.9 Å². The molecular formula is C10H16N2O3. The highest BCUT2D eigenvalue weighted by molar-refractivity contribution is 5.96. The van der Waals surface area contributed by atoms with E-state index in [2.05, 4.69) is 15.4 Å². The summed E-state index contributed by atoms with van der Waals surface area (Å²) in [6, 6.07) is -0.605. The van der Waals surface area contributed by atoms with E-state index in [1.165, 1.54) is 7.11 Å². The van der Waals surface area contributed by atoms with Crippen LogP contribution in [0.3, 0.4) is 0 Å². The number of nitrogens with one attached hydrogen (secondary N) is 2. The summed E-state index contributed by atoms with van der Waals surface area (Å²) in [5.74, 6) is -0.641. The van der Waals surface area contributed by atoms with Crippen LogP contribution in [0.1, 0.15) is 13.8 Å². The van der Waals surface area contributed by atoms with E-state index in [0.717, 1.165) is 18.7 Å². The highest BCUT2D eigenvalue weighted by atomic mass is 16.5. The smallest absolute Gasteiger partial charge is 0.328 e. The zero-order chi connectivity index (χ0) is 11.4. The minimum atomic E-state index is -0.605. The van der Waals surface area contributed by atoms with Crippen LogP contribution in [0.2, 0.25) is 0 Å². The van der Waals surface area contributed by atoms with Crippen molar-refractivity contribution in [3.05, 3.63) is 11.1 Å². The Morgan fingerprint density at radius 1 is 1.47 bits per heavy atom. The Morgan fingerprint density at radius 3 is 2.47 bits per heavy atom. The lowest BCUT2D eigenvalue weighted by Gasteiger charge is -2.22. The fourth-order valence-corrected chi connectivity index (χ4v) is 1.22. The number of carbonyl (C=O) groups is 2. The highest BCUT2D eigenvalue weighted by Gasteiger charge is 2.20. The molecule has 0 aromatic heterocycles. The van der Waals surface area contributed by atoms with Gasteiger partial charge < -0.3 is 15.4 Å². The third kappa shape index (κ3) is 2.79. The number of amides is 1. The summed E-state index contributed by atoms with van der Waals surface area (Å²) in [5, 5.41) is 5.64. The van der Waals surface area contributed by atoms with Crippen molar-refractivity contribution >= 4 is 11.9 Å². The zero-order valence-electron chi connectivity index (χ0n) is 9.22. The van der Waals surface area contributed by atoms with Gasteiger partial charge in [-0.25, -0.2) is 4.79 Å². The van der Waals surface area contributed by atoms with Gasteiger partial charge in [-0.05, 0) is 19.4 Å². The molecule has 15 heavy (non-hydrogen) atoms. The van der Waals surface area contributed by atoms with Crippen molar-refractivity contribution in [2.75, 3.05) is 20.2 Å². The fourth-order valence-electron chi connectivity index (χ4n) is 1.22. The van der Waals surface area contributed by atoms with Crippen LogP contribution in [-0.4, -0.2) is 38.1 Å². The molecule has 84 valence electrons. The number of esters is 1. The number of carbonyl (C=O) groups excluding carboxylic acids is 2. The van der Waals surface area contributed by atoms with Crippen LogP contribution in [0, 0.1) is 0 Å². The molecule has 1 amide bonds. The van der Waals surface area contributed by atoms with E-state index in [4.69, 9.17) is 0 Å². The van der Waals surface area contributed by atoms with Crippen molar-refractivity contribution in [2.45, 2.75) is 19.9 Å². The molecule has 1 aliphatic heterocycles. The van der Waals surface area contributed by atoms with Gasteiger partial charge in [0, 0.05) is 18.7 Å². The Hall–Kier alpha value is -1.36. The Balaban J connectivity index is 2.52. The van der Waals surface area contributed by atoms with E-state index in [1.807, 2.05) is 0 Å². The molecule has 0 aromatic rings. The summed E-state index contributed by atoms with van der Waals surface area (Å²) >= 11 is 0. The monoisotopic (exact) mass is 212 g/mol. The maximum absolute atomic E-state index is 11.6. The van der Waals surface area contributed by atoms with Crippen molar-refractivity contribution in [3.63, 3.8) is 0 Å². The lowest BCUT2D eigenvalue weighted by atomic mass is 10.0. The second kappa shape index (κ2) is 4.93. The third-order valence-corrected chi connectivity index (χ3v) is 2.45. The van der Waals surface area contributed by atoms with E-state index < -0.39 is 12.0 Å². The Bertz CT molecular complexity index is 304. The van der Waals surface area contributed by atoms with Crippen molar-refractivity contribution in [1.82, 2.24) is 10.6 Å². The van der Waals surface area contributed by atoms with Crippen molar-refractivity contribution in [2.24, 2.45) is 0 Å². The summed E-state index contributed by atoms with van der Waals surface area (Å²) in [7, 11) is 1.30. The Kier molecular flexibility index (Phi) is 3.85.